The summed E-state index contributed by atoms with van der Waals surface area (Å²) in [5.74, 6) is -0.729. The Balaban J connectivity index is 2.66. The highest BCUT2D eigenvalue weighted by Crippen LogP contribution is 2.32. The summed E-state index contributed by atoms with van der Waals surface area (Å²) < 4.78 is 4.80. The van der Waals surface area contributed by atoms with Gasteiger partial charge in [0.2, 0.25) is 0 Å². The van der Waals surface area contributed by atoms with E-state index in [-0.39, 0.29) is 19.1 Å². The molecule has 0 aromatic rings. The number of likely N-dealkylation sites (N-methyl/N-ethyl adjacent to an activating group) is 1. The highest BCUT2D eigenvalue weighted by Gasteiger charge is 2.43. The van der Waals surface area contributed by atoms with Gasteiger partial charge in [-0.15, -0.1) is 0 Å². The number of urea groups is 1. The van der Waals surface area contributed by atoms with Crippen molar-refractivity contribution in [2.75, 3.05) is 27.3 Å². The molecule has 0 aromatic heterocycles. The second-order valence-electron chi connectivity index (χ2n) is 6.01. The van der Waals surface area contributed by atoms with Crippen LogP contribution in [-0.4, -0.2) is 66.1 Å². The number of aliphatic hydroxyl groups is 1. The number of nitrogens with zero attached hydrogens (tertiary/aromatic N) is 1. The van der Waals surface area contributed by atoms with Crippen LogP contribution in [0.3, 0.4) is 0 Å². The van der Waals surface area contributed by atoms with Gasteiger partial charge in [0, 0.05) is 14.2 Å². The Morgan fingerprint density at radius 2 is 2.19 bits per heavy atom. The van der Waals surface area contributed by atoms with Crippen molar-refractivity contribution >= 4 is 12.0 Å². The number of carboxylic acid groups (broad SMARTS) is 1. The van der Waals surface area contributed by atoms with Crippen LogP contribution >= 0.6 is 0 Å². The molecule has 0 bridgehead atoms. The lowest BCUT2D eigenvalue weighted by Gasteiger charge is -2.38. The van der Waals surface area contributed by atoms with E-state index in [1.165, 1.54) is 19.1 Å². The molecule has 0 saturated heterocycles. The van der Waals surface area contributed by atoms with E-state index in [9.17, 15) is 19.8 Å². The predicted octanol–water partition coefficient (Wildman–Crippen LogP) is 0.669. The number of hydrogen-bond donors (Lipinski definition) is 3. The second kappa shape index (κ2) is 7.61. The summed E-state index contributed by atoms with van der Waals surface area (Å²) in [6.07, 6.45) is 1.84. The minimum atomic E-state index is -1.20. The first-order valence-electron chi connectivity index (χ1n) is 7.24. The Hall–Kier alpha value is -1.34. The lowest BCUT2D eigenvalue weighted by Crippen LogP contribution is -2.59. The van der Waals surface area contributed by atoms with Gasteiger partial charge >= 0.3 is 12.0 Å². The lowest BCUT2D eigenvalue weighted by atomic mass is 9.76. The summed E-state index contributed by atoms with van der Waals surface area (Å²) in [7, 11) is 2.99. The highest BCUT2D eigenvalue weighted by atomic mass is 16.5. The molecule has 1 fully saturated rings. The molecule has 0 spiro atoms. The van der Waals surface area contributed by atoms with Gasteiger partial charge in [0.05, 0.1) is 19.3 Å². The topological polar surface area (TPSA) is 99.1 Å². The van der Waals surface area contributed by atoms with E-state index < -0.39 is 23.6 Å². The fourth-order valence-corrected chi connectivity index (χ4v) is 2.86. The van der Waals surface area contributed by atoms with Crippen LogP contribution in [0.15, 0.2) is 0 Å². The Labute approximate surface area is 125 Å². The first-order valence-corrected chi connectivity index (χ1v) is 7.24. The minimum absolute atomic E-state index is 0.0882. The van der Waals surface area contributed by atoms with Crippen LogP contribution in [0.4, 0.5) is 4.79 Å². The van der Waals surface area contributed by atoms with Crippen molar-refractivity contribution in [1.82, 2.24) is 10.2 Å². The number of methoxy groups -OCH3 is 1. The van der Waals surface area contributed by atoms with E-state index >= 15 is 0 Å². The van der Waals surface area contributed by atoms with Gasteiger partial charge in [0.15, 0.2) is 0 Å². The first-order chi connectivity index (χ1) is 9.80. The maximum atomic E-state index is 12.2. The van der Waals surface area contributed by atoms with E-state index in [0.29, 0.717) is 12.8 Å². The third-order valence-corrected chi connectivity index (χ3v) is 3.94. The van der Waals surface area contributed by atoms with Crippen molar-refractivity contribution in [3.63, 3.8) is 0 Å². The van der Waals surface area contributed by atoms with Gasteiger partial charge in [-0.1, -0.05) is 19.8 Å². The fourth-order valence-electron chi connectivity index (χ4n) is 2.86. The van der Waals surface area contributed by atoms with Gasteiger partial charge in [-0.3, -0.25) is 0 Å². The molecule has 3 atom stereocenters. The summed E-state index contributed by atoms with van der Waals surface area (Å²) in [6.45, 7) is 2.21. The van der Waals surface area contributed by atoms with Crippen LogP contribution in [-0.2, 0) is 9.53 Å². The number of amides is 2. The van der Waals surface area contributed by atoms with Crippen LogP contribution in [0.25, 0.3) is 0 Å². The Bertz CT molecular complexity index is 376. The monoisotopic (exact) mass is 302 g/mol. The third kappa shape index (κ3) is 4.86. The van der Waals surface area contributed by atoms with Crippen molar-refractivity contribution in [2.24, 2.45) is 5.92 Å². The summed E-state index contributed by atoms with van der Waals surface area (Å²) >= 11 is 0. The number of aliphatic carboxylic acids is 1. The Morgan fingerprint density at radius 1 is 1.52 bits per heavy atom. The van der Waals surface area contributed by atoms with Crippen molar-refractivity contribution in [3.8, 4) is 0 Å². The van der Waals surface area contributed by atoms with Gasteiger partial charge in [0.25, 0.3) is 0 Å². The molecule has 21 heavy (non-hydrogen) atoms. The molecule has 122 valence electrons. The smallest absolute Gasteiger partial charge is 0.329 e. The average molecular weight is 302 g/mol. The lowest BCUT2D eigenvalue weighted by molar-refractivity contribution is -0.146. The van der Waals surface area contributed by atoms with E-state index in [0.717, 1.165) is 12.8 Å². The van der Waals surface area contributed by atoms with E-state index in [1.54, 1.807) is 0 Å². The van der Waals surface area contributed by atoms with Crippen LogP contribution < -0.4 is 5.32 Å². The molecule has 1 saturated carbocycles. The van der Waals surface area contributed by atoms with Gasteiger partial charge in [0.1, 0.15) is 5.54 Å². The molecule has 0 heterocycles. The van der Waals surface area contributed by atoms with E-state index in [1.807, 2.05) is 6.92 Å². The molecule has 7 nitrogen and oxygen atoms in total. The molecule has 0 aromatic carbocycles. The summed E-state index contributed by atoms with van der Waals surface area (Å²) in [6, 6.07) is -0.485. The molecule has 1 aliphatic rings. The number of carbonyl (C=O) groups is 2. The zero-order valence-corrected chi connectivity index (χ0v) is 13.0. The number of carbonyl (C=O) groups excluding carboxylic acids is 1. The second-order valence-corrected chi connectivity index (χ2v) is 6.01. The molecule has 0 aliphatic heterocycles. The fraction of sp³-hybridized carbons (Fsp3) is 0.857. The summed E-state index contributed by atoms with van der Waals surface area (Å²) in [5.41, 5.74) is -1.20. The number of nitrogens with one attached hydrogen (secondary N) is 1. The molecule has 3 N–H and O–H groups in total. The molecule has 1 rings (SSSR count). The Kier molecular flexibility index (Phi) is 6.42. The summed E-state index contributed by atoms with van der Waals surface area (Å²) in [4.78, 5) is 25.1. The number of rotatable bonds is 6. The van der Waals surface area contributed by atoms with Crippen molar-refractivity contribution in [1.29, 1.82) is 0 Å². The SMILES string of the molecule is COCC(O)CN(C)C(=O)NC1(C(=O)O)CCCC(C)C1. The molecule has 0 radical (unpaired) electrons. The van der Waals surface area contributed by atoms with Crippen molar-refractivity contribution < 1.29 is 24.5 Å². The van der Waals surface area contributed by atoms with Crippen LogP contribution in [0.2, 0.25) is 0 Å². The van der Waals surface area contributed by atoms with Gasteiger partial charge in [-0.05, 0) is 18.8 Å². The maximum Gasteiger partial charge on any atom is 0.329 e. The molecule has 3 unspecified atom stereocenters. The third-order valence-electron chi connectivity index (χ3n) is 3.94. The van der Waals surface area contributed by atoms with Crippen molar-refractivity contribution in [3.05, 3.63) is 0 Å². The van der Waals surface area contributed by atoms with Crippen LogP contribution in [0, 0.1) is 5.92 Å². The Morgan fingerprint density at radius 3 is 2.71 bits per heavy atom. The first kappa shape index (κ1) is 17.7. The number of carboxylic acids is 1. The highest BCUT2D eigenvalue weighted by molar-refractivity contribution is 5.86. The van der Waals surface area contributed by atoms with Crippen LogP contribution in [0.1, 0.15) is 32.6 Å². The summed E-state index contributed by atoms with van der Waals surface area (Å²) in [5, 5.41) is 21.8. The number of hydrogen-bond acceptors (Lipinski definition) is 4. The predicted molar refractivity (Wildman–Crippen MR) is 77.0 cm³/mol. The minimum Gasteiger partial charge on any atom is -0.480 e. The van der Waals surface area contributed by atoms with Gasteiger partial charge < -0.3 is 25.2 Å². The van der Waals surface area contributed by atoms with Crippen molar-refractivity contribution in [2.45, 2.75) is 44.2 Å². The molecule has 1 aliphatic carbocycles. The molecule has 2 amide bonds. The maximum absolute atomic E-state index is 12.2. The zero-order valence-electron chi connectivity index (χ0n) is 13.0. The standard InChI is InChI=1S/C14H26N2O5/c1-10-5-4-6-14(7-10,12(18)19)15-13(20)16(2)8-11(17)9-21-3/h10-11,17H,4-9H2,1-3H3,(H,15,20)(H,18,19). The van der Waals surface area contributed by atoms with E-state index in [4.69, 9.17) is 4.74 Å². The zero-order chi connectivity index (χ0) is 16.0. The molecular weight excluding hydrogens is 276 g/mol. The molecular formula is C14H26N2O5. The number of ether oxygens (including phenoxy) is 1. The normalized spacial score (nSPS) is 27.0. The molecule has 7 heteroatoms. The number of aliphatic hydroxyl groups excluding tert-OH is 1. The van der Waals surface area contributed by atoms with E-state index in [2.05, 4.69) is 5.32 Å². The average Bonchev–Trinajstić information content (AvgIpc) is 2.38. The van der Waals surface area contributed by atoms with Gasteiger partial charge in [-0.2, -0.15) is 0 Å². The van der Waals surface area contributed by atoms with Gasteiger partial charge in [-0.25, -0.2) is 9.59 Å². The quantitative estimate of drug-likeness (QED) is 0.669. The van der Waals surface area contributed by atoms with Crippen LogP contribution in [0.5, 0.6) is 0 Å². The largest absolute Gasteiger partial charge is 0.480 e.